The minimum Gasteiger partial charge on any atom is -0.335 e. The second-order valence-corrected chi connectivity index (χ2v) is 7.51. The first-order valence-electron chi connectivity index (χ1n) is 8.38. The summed E-state index contributed by atoms with van der Waals surface area (Å²) < 4.78 is 2.44. The second kappa shape index (κ2) is 6.20. The van der Waals surface area contributed by atoms with Crippen LogP contribution in [0.5, 0.6) is 0 Å². The predicted molar refractivity (Wildman–Crippen MR) is 95.9 cm³/mol. The lowest BCUT2D eigenvalue weighted by atomic mass is 9.75. The summed E-state index contributed by atoms with van der Waals surface area (Å²) in [6.45, 7) is 1.24. The number of benzene rings is 1. The molecule has 3 heterocycles. The van der Waals surface area contributed by atoms with Crippen molar-refractivity contribution in [2.45, 2.75) is 37.8 Å². The Morgan fingerprint density at radius 2 is 1.92 bits per heavy atom. The van der Waals surface area contributed by atoms with Gasteiger partial charge >= 0.3 is 0 Å². The van der Waals surface area contributed by atoms with Gasteiger partial charge in [0.05, 0.1) is 6.04 Å². The monoisotopic (exact) mass is 386 g/mol. The van der Waals surface area contributed by atoms with Crippen molar-refractivity contribution >= 4 is 21.8 Å². The van der Waals surface area contributed by atoms with Crippen LogP contribution >= 0.6 is 15.9 Å². The van der Waals surface area contributed by atoms with Gasteiger partial charge in [0, 0.05) is 42.2 Å². The van der Waals surface area contributed by atoms with Crippen molar-refractivity contribution in [3.8, 4) is 0 Å². The Hall–Kier alpha value is -1.88. The summed E-state index contributed by atoms with van der Waals surface area (Å²) in [6, 6.07) is 12.0. The van der Waals surface area contributed by atoms with Gasteiger partial charge in [0.1, 0.15) is 0 Å². The number of pyridine rings is 1. The molecule has 2 aromatic rings. The minimum atomic E-state index is -0.0727. The molecule has 0 spiro atoms. The molecule has 4 nitrogen and oxygen atoms in total. The number of carbonyl (C=O) groups is 1. The van der Waals surface area contributed by atoms with Gasteiger partial charge in [0.2, 0.25) is 5.91 Å². The largest absolute Gasteiger partial charge is 0.335 e. The summed E-state index contributed by atoms with van der Waals surface area (Å²) in [6.07, 6.45) is 4.32. The lowest BCUT2D eigenvalue weighted by Crippen LogP contribution is -2.46. The standard InChI is InChI=1S/C19H19BrN2O2/c20-14-6-8-18(23)21(12-14)10-9-19(24)22-11-13-5-7-17(22)16-4-2-1-3-15(13)16/h1-4,6,8,12-13,17H,5,7,9-11H2/t13-,17+/m1/s1. The van der Waals surface area contributed by atoms with Gasteiger partial charge in [-0.15, -0.1) is 0 Å². The molecule has 0 unspecified atom stereocenters. The molecule has 5 rings (SSSR count). The van der Waals surface area contributed by atoms with E-state index in [9.17, 15) is 9.59 Å². The van der Waals surface area contributed by atoms with Crippen molar-refractivity contribution in [1.82, 2.24) is 9.47 Å². The first-order valence-corrected chi connectivity index (χ1v) is 9.17. The molecule has 1 amide bonds. The molecule has 124 valence electrons. The highest BCUT2D eigenvalue weighted by molar-refractivity contribution is 9.10. The van der Waals surface area contributed by atoms with Gasteiger partial charge in [-0.3, -0.25) is 9.59 Å². The smallest absolute Gasteiger partial charge is 0.250 e. The SMILES string of the molecule is O=C(CCn1cc(Br)ccc1=O)N1C[C@H]2CC[C@H]1c1ccccc12. The second-order valence-electron chi connectivity index (χ2n) is 6.59. The van der Waals surface area contributed by atoms with Crippen LogP contribution < -0.4 is 5.56 Å². The van der Waals surface area contributed by atoms with Gasteiger partial charge in [0.15, 0.2) is 0 Å². The Morgan fingerprint density at radius 1 is 1.12 bits per heavy atom. The number of piperidine rings is 1. The molecule has 1 aliphatic carbocycles. The zero-order valence-electron chi connectivity index (χ0n) is 13.3. The highest BCUT2D eigenvalue weighted by Crippen LogP contribution is 2.46. The van der Waals surface area contributed by atoms with Crippen molar-refractivity contribution in [2.24, 2.45) is 0 Å². The maximum absolute atomic E-state index is 12.8. The van der Waals surface area contributed by atoms with E-state index in [1.54, 1.807) is 16.8 Å². The lowest BCUT2D eigenvalue weighted by molar-refractivity contribution is -0.136. The topological polar surface area (TPSA) is 42.3 Å². The quantitative estimate of drug-likeness (QED) is 0.810. The molecule has 2 bridgehead atoms. The summed E-state index contributed by atoms with van der Waals surface area (Å²) in [4.78, 5) is 26.7. The number of amides is 1. The molecule has 0 radical (unpaired) electrons. The zero-order valence-corrected chi connectivity index (χ0v) is 14.9. The average molecular weight is 387 g/mol. The van der Waals surface area contributed by atoms with E-state index >= 15 is 0 Å². The summed E-state index contributed by atoms with van der Waals surface area (Å²) in [5.41, 5.74) is 2.66. The number of aryl methyl sites for hydroxylation is 1. The molecule has 2 atom stereocenters. The third-order valence-corrected chi connectivity index (χ3v) is 5.68. The molecular formula is C19H19BrN2O2. The van der Waals surface area contributed by atoms with Crippen LogP contribution in [-0.2, 0) is 11.3 Å². The van der Waals surface area contributed by atoms with E-state index in [0.717, 1.165) is 23.9 Å². The molecule has 1 aromatic heterocycles. The van der Waals surface area contributed by atoms with Crippen LogP contribution in [0.25, 0.3) is 0 Å². The lowest BCUT2D eigenvalue weighted by Gasteiger charge is -2.46. The molecule has 1 fully saturated rings. The number of fused-ring (bicyclic) bond motifs is 2. The van der Waals surface area contributed by atoms with Crippen molar-refractivity contribution < 1.29 is 4.79 Å². The van der Waals surface area contributed by atoms with Gasteiger partial charge in [-0.1, -0.05) is 24.3 Å². The van der Waals surface area contributed by atoms with E-state index in [0.29, 0.717) is 18.9 Å². The van der Waals surface area contributed by atoms with Crippen molar-refractivity contribution in [3.63, 3.8) is 0 Å². The van der Waals surface area contributed by atoms with E-state index in [1.807, 2.05) is 4.90 Å². The Kier molecular flexibility index (Phi) is 4.04. The highest BCUT2D eigenvalue weighted by atomic mass is 79.9. The molecule has 2 aliphatic heterocycles. The van der Waals surface area contributed by atoms with Crippen LogP contribution in [-0.4, -0.2) is 21.9 Å². The number of carbonyl (C=O) groups excluding carboxylic acids is 1. The maximum atomic E-state index is 12.8. The fraction of sp³-hybridized carbons (Fsp3) is 0.368. The summed E-state index contributed by atoms with van der Waals surface area (Å²) in [7, 11) is 0. The summed E-state index contributed by atoms with van der Waals surface area (Å²) >= 11 is 3.37. The number of halogens is 1. The summed E-state index contributed by atoms with van der Waals surface area (Å²) in [5, 5.41) is 0. The third-order valence-electron chi connectivity index (χ3n) is 5.21. The fourth-order valence-electron chi connectivity index (χ4n) is 4.05. The predicted octanol–water partition coefficient (Wildman–Crippen LogP) is 3.46. The van der Waals surface area contributed by atoms with Crippen molar-refractivity contribution in [1.29, 1.82) is 0 Å². The van der Waals surface area contributed by atoms with Gasteiger partial charge < -0.3 is 9.47 Å². The molecule has 24 heavy (non-hydrogen) atoms. The van der Waals surface area contributed by atoms with Gasteiger partial charge in [0.25, 0.3) is 5.56 Å². The Balaban J connectivity index is 1.50. The van der Waals surface area contributed by atoms with E-state index in [1.165, 1.54) is 17.2 Å². The molecule has 0 saturated carbocycles. The Morgan fingerprint density at radius 3 is 2.75 bits per heavy atom. The number of rotatable bonds is 3. The number of hydrogen-bond acceptors (Lipinski definition) is 2. The van der Waals surface area contributed by atoms with Crippen LogP contribution in [0.2, 0.25) is 0 Å². The van der Waals surface area contributed by atoms with E-state index < -0.39 is 0 Å². The normalized spacial score (nSPS) is 21.6. The van der Waals surface area contributed by atoms with Crippen LogP contribution in [0, 0.1) is 0 Å². The molecule has 3 aliphatic rings. The van der Waals surface area contributed by atoms with Crippen LogP contribution in [0.4, 0.5) is 0 Å². The van der Waals surface area contributed by atoms with E-state index in [4.69, 9.17) is 0 Å². The Labute approximate surface area is 149 Å². The first-order chi connectivity index (χ1) is 11.6. The molecule has 1 aromatic carbocycles. The van der Waals surface area contributed by atoms with Crippen LogP contribution in [0.3, 0.4) is 0 Å². The van der Waals surface area contributed by atoms with E-state index in [-0.39, 0.29) is 17.5 Å². The van der Waals surface area contributed by atoms with Gasteiger partial charge in [-0.2, -0.15) is 0 Å². The van der Waals surface area contributed by atoms with Crippen molar-refractivity contribution in [2.75, 3.05) is 6.54 Å². The number of nitrogens with zero attached hydrogens (tertiary/aromatic N) is 2. The third kappa shape index (κ3) is 2.71. The van der Waals surface area contributed by atoms with Gasteiger partial charge in [-0.25, -0.2) is 0 Å². The Bertz CT molecular complexity index is 845. The highest BCUT2D eigenvalue weighted by Gasteiger charge is 2.39. The fourth-order valence-corrected chi connectivity index (χ4v) is 4.43. The minimum absolute atomic E-state index is 0.0727. The molecule has 1 saturated heterocycles. The van der Waals surface area contributed by atoms with Gasteiger partial charge in [-0.05, 0) is 46.0 Å². The zero-order chi connectivity index (χ0) is 16.7. The van der Waals surface area contributed by atoms with Crippen LogP contribution in [0.15, 0.2) is 51.9 Å². The summed E-state index contributed by atoms with van der Waals surface area (Å²) in [5.74, 6) is 0.606. The van der Waals surface area contributed by atoms with Crippen LogP contribution in [0.1, 0.15) is 42.3 Å². The van der Waals surface area contributed by atoms with Crippen molar-refractivity contribution in [3.05, 3.63) is 68.5 Å². The molecular weight excluding hydrogens is 368 g/mol. The van der Waals surface area contributed by atoms with E-state index in [2.05, 4.69) is 40.2 Å². The number of aromatic nitrogens is 1. The first kappa shape index (κ1) is 15.6. The number of hydrogen-bond donors (Lipinski definition) is 0. The average Bonchev–Trinajstić information content (AvgIpc) is 2.63. The maximum Gasteiger partial charge on any atom is 0.250 e. The molecule has 0 N–H and O–H groups in total. The molecule has 5 heteroatoms.